The third-order valence-electron chi connectivity index (χ3n) is 17.4. The molecule has 0 fully saturated rings. The number of hydrogen-bond acceptors (Lipinski definition) is 15. The van der Waals surface area contributed by atoms with E-state index in [2.05, 4.69) is 55.4 Å². The minimum absolute atomic E-state index is 0.104. The van der Waals surface area contributed by atoms with Crippen LogP contribution in [-0.2, 0) is 65.4 Å². The van der Waals surface area contributed by atoms with Gasteiger partial charge in [-0.3, -0.25) is 37.3 Å². The molecular weight excluding hydrogens is 1190 g/mol. The van der Waals surface area contributed by atoms with Gasteiger partial charge in [0.25, 0.3) is 0 Å². The number of carbonyl (C=O) groups excluding carboxylic acids is 4. The number of rotatable bonds is 68. The van der Waals surface area contributed by atoms with E-state index in [0.717, 1.165) is 114 Å². The van der Waals surface area contributed by atoms with Gasteiger partial charge in [-0.05, 0) is 49.4 Å². The molecule has 3 N–H and O–H groups in total. The highest BCUT2D eigenvalue weighted by molar-refractivity contribution is 7.47. The minimum atomic E-state index is -4.95. The largest absolute Gasteiger partial charge is 0.472 e. The second-order valence-corrected chi connectivity index (χ2v) is 29.7. The number of phosphoric ester groups is 2. The molecule has 0 amide bonds. The summed E-state index contributed by atoms with van der Waals surface area (Å²) >= 11 is 0. The molecule has 534 valence electrons. The standard InChI is InChI=1S/C71H138O17P2/c1-9-62(6)48-40-32-24-16-12-14-18-27-35-43-51-68(73)81-57-66(88-71(76)54-46-38-29-21-20-26-34-42-50-64(8)11-3)59-85-89(77,78)83-55-65(72)56-84-90(79,80)86-60-67(58-82-69(74)52-44-36-30-22-23-31-39-47-61(4)5)87-70(75)53-45-37-28-19-15-13-17-25-33-41-49-63(7)10-2/h61-67,72H,9-60H2,1-8H3,(H,77,78)(H,79,80)/t62?,63?,64?,65?,66-,67-/m1/s1. The normalized spacial score (nSPS) is 15.2. The molecule has 0 spiro atoms. The Bertz CT molecular complexity index is 1790. The molecule has 6 unspecified atom stereocenters. The average molecular weight is 1330 g/mol. The van der Waals surface area contributed by atoms with Crippen LogP contribution in [0.25, 0.3) is 0 Å². The molecule has 0 heterocycles. The van der Waals surface area contributed by atoms with Crippen molar-refractivity contribution in [3.8, 4) is 0 Å². The van der Waals surface area contributed by atoms with Crippen molar-refractivity contribution in [2.45, 2.75) is 369 Å². The summed E-state index contributed by atoms with van der Waals surface area (Å²) in [7, 11) is -9.91. The third-order valence-corrected chi connectivity index (χ3v) is 19.3. The van der Waals surface area contributed by atoms with E-state index in [9.17, 15) is 43.2 Å². The van der Waals surface area contributed by atoms with Crippen LogP contribution in [-0.4, -0.2) is 96.7 Å². The van der Waals surface area contributed by atoms with Crippen LogP contribution >= 0.6 is 15.6 Å². The zero-order valence-corrected chi connectivity index (χ0v) is 60.6. The zero-order valence-electron chi connectivity index (χ0n) is 58.8. The molecule has 0 aromatic rings. The minimum Gasteiger partial charge on any atom is -0.462 e. The molecule has 0 bridgehead atoms. The lowest BCUT2D eigenvalue weighted by molar-refractivity contribution is -0.161. The van der Waals surface area contributed by atoms with Gasteiger partial charge in [-0.15, -0.1) is 0 Å². The Hall–Kier alpha value is -1.94. The van der Waals surface area contributed by atoms with E-state index in [1.54, 1.807) is 0 Å². The van der Waals surface area contributed by atoms with Crippen molar-refractivity contribution in [1.82, 2.24) is 0 Å². The second-order valence-electron chi connectivity index (χ2n) is 26.8. The molecule has 90 heavy (non-hydrogen) atoms. The van der Waals surface area contributed by atoms with Gasteiger partial charge in [0.1, 0.15) is 19.3 Å². The van der Waals surface area contributed by atoms with Crippen molar-refractivity contribution in [2.75, 3.05) is 39.6 Å². The van der Waals surface area contributed by atoms with Crippen LogP contribution in [0.1, 0.15) is 351 Å². The Labute approximate surface area is 549 Å². The quantitative estimate of drug-likeness (QED) is 0.0222. The van der Waals surface area contributed by atoms with Crippen molar-refractivity contribution in [3.05, 3.63) is 0 Å². The highest BCUT2D eigenvalue weighted by atomic mass is 31.2. The van der Waals surface area contributed by atoms with Gasteiger partial charge in [-0.1, -0.05) is 299 Å². The molecule has 0 rings (SSSR count). The maximum Gasteiger partial charge on any atom is 0.472 e. The van der Waals surface area contributed by atoms with E-state index >= 15 is 0 Å². The van der Waals surface area contributed by atoms with E-state index in [-0.39, 0.29) is 25.7 Å². The van der Waals surface area contributed by atoms with E-state index in [4.69, 9.17) is 37.0 Å². The van der Waals surface area contributed by atoms with Gasteiger partial charge in [0.2, 0.25) is 0 Å². The van der Waals surface area contributed by atoms with Crippen molar-refractivity contribution >= 4 is 39.5 Å². The lowest BCUT2D eigenvalue weighted by Crippen LogP contribution is -2.30. The van der Waals surface area contributed by atoms with Gasteiger partial charge in [0.15, 0.2) is 12.2 Å². The predicted molar refractivity (Wildman–Crippen MR) is 363 cm³/mol. The number of aliphatic hydroxyl groups is 1. The first-order valence-electron chi connectivity index (χ1n) is 36.8. The number of phosphoric acid groups is 2. The topological polar surface area (TPSA) is 237 Å². The number of ether oxygens (including phenoxy) is 4. The number of unbranched alkanes of at least 4 members (excludes halogenated alkanes) is 31. The molecule has 0 saturated carbocycles. The maximum atomic E-state index is 13.0. The Morgan fingerprint density at radius 3 is 0.789 bits per heavy atom. The first-order chi connectivity index (χ1) is 43.2. The summed E-state index contributed by atoms with van der Waals surface area (Å²) in [5.41, 5.74) is 0. The molecule has 0 saturated heterocycles. The summed E-state index contributed by atoms with van der Waals surface area (Å²) in [4.78, 5) is 72.6. The van der Waals surface area contributed by atoms with E-state index < -0.39 is 97.5 Å². The fourth-order valence-electron chi connectivity index (χ4n) is 10.6. The van der Waals surface area contributed by atoms with Crippen LogP contribution in [0.4, 0.5) is 0 Å². The Morgan fingerprint density at radius 1 is 0.311 bits per heavy atom. The Balaban J connectivity index is 5.27. The first kappa shape index (κ1) is 88.1. The summed E-state index contributed by atoms with van der Waals surface area (Å²) in [5.74, 6) is 0.958. The summed E-state index contributed by atoms with van der Waals surface area (Å²) in [6.45, 7) is 14.2. The first-order valence-corrected chi connectivity index (χ1v) is 39.8. The number of carbonyl (C=O) groups is 4. The highest BCUT2D eigenvalue weighted by Crippen LogP contribution is 2.45. The lowest BCUT2D eigenvalue weighted by Gasteiger charge is -2.21. The van der Waals surface area contributed by atoms with E-state index in [1.807, 2.05) is 0 Å². The van der Waals surface area contributed by atoms with Crippen molar-refractivity contribution in [3.63, 3.8) is 0 Å². The maximum absolute atomic E-state index is 13.0. The number of esters is 4. The highest BCUT2D eigenvalue weighted by Gasteiger charge is 2.30. The van der Waals surface area contributed by atoms with Gasteiger partial charge in [-0.25, -0.2) is 9.13 Å². The molecule has 19 heteroatoms. The van der Waals surface area contributed by atoms with Gasteiger partial charge in [0.05, 0.1) is 26.4 Å². The lowest BCUT2D eigenvalue weighted by atomic mass is 9.99. The molecular formula is C71H138O17P2. The molecule has 0 aliphatic carbocycles. The van der Waals surface area contributed by atoms with Crippen molar-refractivity contribution in [2.24, 2.45) is 23.7 Å². The smallest absolute Gasteiger partial charge is 0.462 e. The summed E-state index contributed by atoms with van der Waals surface area (Å²) in [6.07, 6.45) is 42.9. The molecule has 8 atom stereocenters. The average Bonchev–Trinajstić information content (AvgIpc) is 3.20. The monoisotopic (exact) mass is 1320 g/mol. The molecule has 0 aromatic carbocycles. The molecule has 0 aromatic heterocycles. The van der Waals surface area contributed by atoms with Crippen LogP contribution in [0, 0.1) is 23.7 Å². The van der Waals surface area contributed by atoms with Gasteiger partial charge in [-0.2, -0.15) is 0 Å². The molecule has 17 nitrogen and oxygen atoms in total. The second kappa shape index (κ2) is 60.7. The predicted octanol–water partition coefficient (Wildman–Crippen LogP) is 20.1. The van der Waals surface area contributed by atoms with Gasteiger partial charge >= 0.3 is 39.5 Å². The van der Waals surface area contributed by atoms with E-state index in [0.29, 0.717) is 31.6 Å². The Kier molecular flexibility index (Phi) is 59.4. The molecule has 0 aliphatic rings. The molecule has 0 radical (unpaired) electrons. The van der Waals surface area contributed by atoms with Gasteiger partial charge < -0.3 is 33.8 Å². The van der Waals surface area contributed by atoms with Crippen LogP contribution < -0.4 is 0 Å². The number of aliphatic hydroxyl groups excluding tert-OH is 1. The van der Waals surface area contributed by atoms with Crippen molar-refractivity contribution < 1.29 is 80.2 Å². The van der Waals surface area contributed by atoms with E-state index in [1.165, 1.54) is 148 Å². The summed E-state index contributed by atoms with van der Waals surface area (Å²) in [5, 5.41) is 10.6. The SMILES string of the molecule is CCC(C)CCCCCCCCCCCCC(=O)OC[C@H](COP(=O)(O)OCC(O)COP(=O)(O)OC[C@@H](COC(=O)CCCCCCCCCC(C)C)OC(=O)CCCCCCCCCCCCC(C)CC)OC(=O)CCCCCCCCCCC(C)CC. The number of hydrogen-bond donors (Lipinski definition) is 3. The van der Waals surface area contributed by atoms with Crippen LogP contribution in [0.5, 0.6) is 0 Å². The Morgan fingerprint density at radius 2 is 0.533 bits per heavy atom. The fourth-order valence-corrected chi connectivity index (χ4v) is 12.1. The fraction of sp³-hybridized carbons (Fsp3) is 0.944. The van der Waals surface area contributed by atoms with Crippen LogP contribution in [0.3, 0.4) is 0 Å². The zero-order chi connectivity index (χ0) is 66.8. The van der Waals surface area contributed by atoms with Crippen LogP contribution in [0.2, 0.25) is 0 Å². The van der Waals surface area contributed by atoms with Crippen LogP contribution in [0.15, 0.2) is 0 Å². The summed E-state index contributed by atoms with van der Waals surface area (Å²) < 4.78 is 68.3. The van der Waals surface area contributed by atoms with Gasteiger partial charge in [0, 0.05) is 25.7 Å². The third kappa shape index (κ3) is 61.0. The molecule has 0 aliphatic heterocycles. The van der Waals surface area contributed by atoms with Crippen molar-refractivity contribution in [1.29, 1.82) is 0 Å². The summed E-state index contributed by atoms with van der Waals surface area (Å²) in [6, 6.07) is 0.